The van der Waals surface area contributed by atoms with Crippen LogP contribution in [0.1, 0.15) is 20.8 Å². The molecule has 0 fully saturated rings. The highest BCUT2D eigenvalue weighted by molar-refractivity contribution is 14.1. The maximum atomic E-state index is 5.94. The Labute approximate surface area is 97.2 Å². The van der Waals surface area contributed by atoms with Crippen molar-refractivity contribution in [3.63, 3.8) is 0 Å². The summed E-state index contributed by atoms with van der Waals surface area (Å²) < 4.78 is 7.01. The summed E-state index contributed by atoms with van der Waals surface area (Å²) in [5.41, 5.74) is 0. The van der Waals surface area contributed by atoms with Crippen LogP contribution in [0.3, 0.4) is 0 Å². The van der Waals surface area contributed by atoms with Gasteiger partial charge in [-0.15, -0.1) is 0 Å². The average Bonchev–Trinajstić information content (AvgIpc) is 1.96. The minimum atomic E-state index is -1.51. The molecule has 0 saturated carbocycles. The first-order valence-corrected chi connectivity index (χ1v) is 9.09. The molecular weight excluding hydrogens is 291 g/mol. The topological polar surface area (TPSA) is 9.23 Å². The van der Waals surface area contributed by atoms with Crippen LogP contribution in [-0.4, -0.2) is 19.4 Å². The Balaban J connectivity index is 3.97. The fourth-order valence-corrected chi connectivity index (χ4v) is 1.91. The molecule has 0 saturated heterocycles. The van der Waals surface area contributed by atoms with Crippen LogP contribution in [0.4, 0.5) is 0 Å². The van der Waals surface area contributed by atoms with E-state index in [1.54, 1.807) is 0 Å². The molecule has 0 N–H and O–H groups in total. The van der Waals surface area contributed by atoms with Crippen LogP contribution in [0.15, 0.2) is 12.2 Å². The zero-order chi connectivity index (χ0) is 10.5. The van der Waals surface area contributed by atoms with Gasteiger partial charge in [-0.2, -0.15) is 0 Å². The van der Waals surface area contributed by atoms with E-state index in [0.717, 1.165) is 11.0 Å². The number of hydrogen-bond donors (Lipinski definition) is 0. The fourth-order valence-electron chi connectivity index (χ4n) is 0.604. The van der Waals surface area contributed by atoms with E-state index in [-0.39, 0.29) is 0 Å². The summed E-state index contributed by atoms with van der Waals surface area (Å²) in [6, 6.07) is 0. The Bertz CT molecular complexity index is 170. The van der Waals surface area contributed by atoms with Crippen molar-refractivity contribution in [3.8, 4) is 0 Å². The van der Waals surface area contributed by atoms with Crippen molar-refractivity contribution in [2.24, 2.45) is 0 Å². The minimum Gasteiger partial charge on any atom is -0.413 e. The second-order valence-electron chi connectivity index (χ2n) is 4.70. The fraction of sp³-hybridized carbons (Fsp3) is 0.800. The van der Waals surface area contributed by atoms with E-state index in [9.17, 15) is 0 Å². The molecule has 1 nitrogen and oxygen atoms in total. The van der Waals surface area contributed by atoms with Gasteiger partial charge in [0.25, 0.3) is 0 Å². The van der Waals surface area contributed by atoms with E-state index in [2.05, 4.69) is 68.6 Å². The first-order valence-electron chi connectivity index (χ1n) is 4.66. The number of rotatable bonds is 4. The Morgan fingerprint density at radius 2 is 1.77 bits per heavy atom. The van der Waals surface area contributed by atoms with Crippen molar-refractivity contribution in [3.05, 3.63) is 12.2 Å². The van der Waals surface area contributed by atoms with Crippen LogP contribution in [0.25, 0.3) is 0 Å². The van der Waals surface area contributed by atoms with Gasteiger partial charge in [-0.1, -0.05) is 55.5 Å². The lowest BCUT2D eigenvalue weighted by atomic mass is 10.2. The molecule has 78 valence electrons. The highest BCUT2D eigenvalue weighted by atomic mass is 127. The lowest BCUT2D eigenvalue weighted by molar-refractivity contribution is 0.328. The van der Waals surface area contributed by atoms with Gasteiger partial charge in [0.05, 0.1) is 6.61 Å². The summed E-state index contributed by atoms with van der Waals surface area (Å²) in [7, 11) is -1.51. The number of halogens is 1. The third-order valence-corrected chi connectivity index (χ3v) is 7.61. The molecule has 0 aliphatic rings. The second kappa shape index (κ2) is 5.51. The summed E-state index contributed by atoms with van der Waals surface area (Å²) in [5.74, 6) is 0. The summed E-state index contributed by atoms with van der Waals surface area (Å²) in [4.78, 5) is 0. The third-order valence-electron chi connectivity index (χ3n) is 2.60. The van der Waals surface area contributed by atoms with Crippen molar-refractivity contribution in [2.75, 3.05) is 11.0 Å². The lowest BCUT2D eigenvalue weighted by Gasteiger charge is -2.35. The molecule has 0 radical (unpaired) electrons. The molecule has 0 unspecified atom stereocenters. The van der Waals surface area contributed by atoms with Gasteiger partial charge in [0.2, 0.25) is 0 Å². The summed E-state index contributed by atoms with van der Waals surface area (Å²) >= 11 is 2.33. The maximum absolute atomic E-state index is 5.94. The van der Waals surface area contributed by atoms with Gasteiger partial charge in [0.1, 0.15) is 0 Å². The maximum Gasteiger partial charge on any atom is 0.192 e. The molecule has 0 bridgehead atoms. The van der Waals surface area contributed by atoms with Gasteiger partial charge in [-0.25, -0.2) is 0 Å². The van der Waals surface area contributed by atoms with E-state index < -0.39 is 8.32 Å². The van der Waals surface area contributed by atoms with Crippen LogP contribution < -0.4 is 0 Å². The molecular formula is C10H21IOSi. The zero-order valence-corrected chi connectivity index (χ0v) is 12.5. The van der Waals surface area contributed by atoms with Gasteiger partial charge in [0.15, 0.2) is 8.32 Å². The Morgan fingerprint density at radius 3 is 2.15 bits per heavy atom. The van der Waals surface area contributed by atoms with Crippen LogP contribution >= 0.6 is 22.6 Å². The standard InChI is InChI=1S/C10H21IOSi/c1-10(2,3)13(4,5)12-9-7-6-8-11/h6-7H,8-9H2,1-5H3/b7-6+. The molecule has 0 amide bonds. The number of alkyl halides is 1. The van der Waals surface area contributed by atoms with Crippen LogP contribution in [0, 0.1) is 0 Å². The monoisotopic (exact) mass is 312 g/mol. The van der Waals surface area contributed by atoms with E-state index in [0.29, 0.717) is 5.04 Å². The predicted octanol–water partition coefficient (Wildman–Crippen LogP) is 4.00. The summed E-state index contributed by atoms with van der Waals surface area (Å²) in [5, 5.41) is 0.325. The molecule has 0 spiro atoms. The molecule has 0 aliphatic carbocycles. The summed E-state index contributed by atoms with van der Waals surface area (Å²) in [6.45, 7) is 12.1. The Kier molecular flexibility index (Phi) is 5.78. The lowest BCUT2D eigenvalue weighted by Crippen LogP contribution is -2.40. The van der Waals surface area contributed by atoms with Gasteiger partial charge < -0.3 is 4.43 Å². The van der Waals surface area contributed by atoms with Crippen LogP contribution in [0.5, 0.6) is 0 Å². The molecule has 0 heterocycles. The highest BCUT2D eigenvalue weighted by Crippen LogP contribution is 2.36. The molecule has 3 heteroatoms. The van der Waals surface area contributed by atoms with Crippen molar-refractivity contribution < 1.29 is 4.43 Å². The Morgan fingerprint density at radius 1 is 1.23 bits per heavy atom. The smallest absolute Gasteiger partial charge is 0.192 e. The quantitative estimate of drug-likeness (QED) is 0.330. The molecule has 0 aromatic rings. The van der Waals surface area contributed by atoms with Crippen LogP contribution in [0.2, 0.25) is 18.1 Å². The molecule has 0 rings (SSSR count). The average molecular weight is 312 g/mol. The zero-order valence-electron chi connectivity index (χ0n) is 9.36. The molecule has 0 aromatic carbocycles. The summed E-state index contributed by atoms with van der Waals surface area (Å²) in [6.07, 6.45) is 4.26. The van der Waals surface area contributed by atoms with E-state index in [4.69, 9.17) is 4.43 Å². The third kappa shape index (κ3) is 5.17. The van der Waals surface area contributed by atoms with Crippen LogP contribution in [-0.2, 0) is 4.43 Å². The molecule has 0 aliphatic heterocycles. The van der Waals surface area contributed by atoms with Crippen molar-refractivity contribution in [1.82, 2.24) is 0 Å². The van der Waals surface area contributed by atoms with Crippen molar-refractivity contribution in [1.29, 1.82) is 0 Å². The van der Waals surface area contributed by atoms with E-state index >= 15 is 0 Å². The van der Waals surface area contributed by atoms with Gasteiger partial charge in [0, 0.05) is 4.43 Å². The molecule has 0 atom stereocenters. The second-order valence-corrected chi connectivity index (χ2v) is 10.4. The molecule has 0 aromatic heterocycles. The Hall–Kier alpha value is 0.647. The predicted molar refractivity (Wildman–Crippen MR) is 71.2 cm³/mol. The molecule has 13 heavy (non-hydrogen) atoms. The first-order chi connectivity index (χ1) is 5.81. The largest absolute Gasteiger partial charge is 0.413 e. The van der Waals surface area contributed by atoms with Gasteiger partial charge >= 0.3 is 0 Å². The highest BCUT2D eigenvalue weighted by Gasteiger charge is 2.36. The number of hydrogen-bond acceptors (Lipinski definition) is 1. The van der Waals surface area contributed by atoms with E-state index in [1.807, 2.05) is 0 Å². The van der Waals surface area contributed by atoms with Gasteiger partial charge in [-0.3, -0.25) is 0 Å². The van der Waals surface area contributed by atoms with Gasteiger partial charge in [-0.05, 0) is 18.1 Å². The normalized spacial score (nSPS) is 14.0. The van der Waals surface area contributed by atoms with Crippen molar-refractivity contribution >= 4 is 30.9 Å². The first kappa shape index (κ1) is 13.6. The minimum absolute atomic E-state index is 0.325. The SMILES string of the molecule is CC(C)(C)[Si](C)(C)OC/C=C/CI. The van der Waals surface area contributed by atoms with Crippen molar-refractivity contribution in [2.45, 2.75) is 38.9 Å². The number of allylic oxidation sites excluding steroid dienone is 1. The van der Waals surface area contributed by atoms with E-state index in [1.165, 1.54) is 0 Å².